The van der Waals surface area contributed by atoms with Crippen LogP contribution in [0.4, 0.5) is 22.0 Å². The van der Waals surface area contributed by atoms with Crippen LogP contribution in [-0.4, -0.2) is 76.0 Å². The normalized spacial score (nSPS) is 11.1. The van der Waals surface area contributed by atoms with Crippen LogP contribution in [0.5, 0.6) is 0 Å². The summed E-state index contributed by atoms with van der Waals surface area (Å²) < 4.78 is 82.9. The summed E-state index contributed by atoms with van der Waals surface area (Å²) in [6.45, 7) is 54.8. The van der Waals surface area contributed by atoms with Crippen molar-refractivity contribution in [2.75, 3.05) is 20.3 Å². The Labute approximate surface area is 380 Å². The number of nitriles is 1. The molecule has 1 aliphatic rings. The van der Waals surface area contributed by atoms with Crippen LogP contribution in [0.3, 0.4) is 0 Å². The first-order valence-electron chi connectivity index (χ1n) is 22.3. The average molecular weight is 906 g/mol. The van der Waals surface area contributed by atoms with E-state index in [1.54, 1.807) is 21.0 Å². The van der Waals surface area contributed by atoms with E-state index in [0.717, 1.165) is 36.9 Å². The molecule has 0 aliphatic heterocycles. The quantitative estimate of drug-likeness (QED) is 0.202. The highest BCUT2D eigenvalue weighted by molar-refractivity contribution is 4.73. The van der Waals surface area contributed by atoms with Crippen molar-refractivity contribution in [1.29, 1.82) is 5.26 Å². The maximum absolute atomic E-state index is 11.1. The number of alkyl halides is 5. The summed E-state index contributed by atoms with van der Waals surface area (Å²) in [5.74, 6) is 3.52. The molecular formula is C49H112F5NO6. The molecule has 0 aromatic rings. The fraction of sp³-hybridized carbons (Fsp3) is 0.980. The Balaban J connectivity index is -0.0000000504. The maximum Gasteiger partial charge on any atom is 0.522 e. The van der Waals surface area contributed by atoms with Gasteiger partial charge in [0.15, 0.2) is 0 Å². The molecule has 12 heteroatoms. The van der Waals surface area contributed by atoms with Crippen molar-refractivity contribution in [3.63, 3.8) is 0 Å². The van der Waals surface area contributed by atoms with Crippen molar-refractivity contribution in [2.24, 2.45) is 29.6 Å². The molecule has 1 aliphatic carbocycles. The molecule has 0 heterocycles. The Kier molecular flexibility index (Phi) is 93.3. The van der Waals surface area contributed by atoms with E-state index in [0.29, 0.717) is 30.5 Å². The van der Waals surface area contributed by atoms with Crippen LogP contribution in [0, 0.1) is 40.9 Å². The largest absolute Gasteiger partial charge is 0.522 e. The third-order valence-corrected chi connectivity index (χ3v) is 3.46. The van der Waals surface area contributed by atoms with Crippen LogP contribution in [0.2, 0.25) is 0 Å². The van der Waals surface area contributed by atoms with Crippen molar-refractivity contribution >= 4 is 0 Å². The molecule has 0 unspecified atom stereocenters. The first-order chi connectivity index (χ1) is 26.8. The molecule has 0 aromatic heterocycles. The van der Waals surface area contributed by atoms with Gasteiger partial charge in [-0.2, -0.15) is 14.0 Å². The second-order valence-corrected chi connectivity index (χ2v) is 17.9. The fourth-order valence-electron chi connectivity index (χ4n) is 1.73. The molecule has 0 atom stereocenters. The minimum Gasteiger partial charge on any atom is -0.382 e. The van der Waals surface area contributed by atoms with E-state index in [1.165, 1.54) is 26.7 Å². The molecule has 0 N–H and O–H groups in total. The van der Waals surface area contributed by atoms with E-state index in [2.05, 4.69) is 106 Å². The van der Waals surface area contributed by atoms with E-state index < -0.39 is 19.1 Å². The molecule has 0 bridgehead atoms. The lowest BCUT2D eigenvalue weighted by Crippen LogP contribution is -2.18. The third-order valence-electron chi connectivity index (χ3n) is 3.46. The van der Waals surface area contributed by atoms with Gasteiger partial charge < -0.3 is 23.7 Å². The second-order valence-electron chi connectivity index (χ2n) is 17.9. The van der Waals surface area contributed by atoms with Crippen molar-refractivity contribution < 1.29 is 50.4 Å². The van der Waals surface area contributed by atoms with Gasteiger partial charge >= 0.3 is 13.0 Å². The minimum atomic E-state index is -4.48. The summed E-state index contributed by atoms with van der Waals surface area (Å²) >= 11 is 0. The van der Waals surface area contributed by atoms with Gasteiger partial charge in [0.25, 0.3) is 0 Å². The van der Waals surface area contributed by atoms with E-state index >= 15 is 0 Å². The van der Waals surface area contributed by atoms with E-state index in [4.69, 9.17) is 24.2 Å². The van der Waals surface area contributed by atoms with Crippen molar-refractivity contribution in [3.8, 4) is 6.07 Å². The number of hydrogen-bond acceptors (Lipinski definition) is 7. The lowest BCUT2D eigenvalue weighted by molar-refractivity contribution is -0.338. The number of halogens is 5. The lowest BCUT2D eigenvalue weighted by Gasteiger charge is -2.08. The first kappa shape index (κ1) is 86.9. The Morgan fingerprint density at radius 1 is 0.508 bits per heavy atom. The molecule has 0 spiro atoms. The Morgan fingerprint density at radius 2 is 0.754 bits per heavy atom. The standard InChI is InChI=1S/C6H12O.2C5H12O.C4H7F3O.C4H8F2O.C4H7N.C4H10O.4C4H10.CH4/c1-5(2)7-6-3-4-6;2*1-4-6-5(2)3;1-3(2)8-4(5,6)7;1-3(2)7-4(5)6;1-4(2)3-5;1-4(2)5-3;4*1-4(2)3;/h5-6H,3-4H2,1-2H3;2*5H,4H2,1-3H3;3H,1-2H3;3-4H,1-2H3;4H,1-2H3;4H,1-3H3;4*4H,1-3H3;1H4. The number of ether oxygens (including phenoxy) is 6. The molecular weight excluding hydrogens is 794 g/mol. The van der Waals surface area contributed by atoms with E-state index in [9.17, 15) is 22.0 Å². The van der Waals surface area contributed by atoms with Crippen molar-refractivity contribution in [1.82, 2.24) is 0 Å². The van der Waals surface area contributed by atoms with Crippen LogP contribution in [0.15, 0.2) is 0 Å². The minimum absolute atomic E-state index is 0. The van der Waals surface area contributed by atoms with Crippen LogP contribution in [0.1, 0.15) is 214 Å². The van der Waals surface area contributed by atoms with Crippen LogP contribution < -0.4 is 0 Å². The predicted molar refractivity (Wildman–Crippen MR) is 259 cm³/mol. The SMILES string of the molecule is C.CC(C)C.CC(C)C.CC(C)C.CC(C)C.CC(C)C#N.CC(C)OC(F)(F)F.CC(C)OC(F)F.CC(C)OC1CC1.CCOC(C)C.CCOC(C)C.COC(C)C. The van der Waals surface area contributed by atoms with Gasteiger partial charge in [0.1, 0.15) is 0 Å². The zero-order valence-corrected chi connectivity index (χ0v) is 45.1. The molecule has 1 fully saturated rings. The molecule has 0 amide bonds. The highest BCUT2D eigenvalue weighted by atomic mass is 19.4. The summed E-state index contributed by atoms with van der Waals surface area (Å²) in [4.78, 5) is 0. The zero-order valence-electron chi connectivity index (χ0n) is 45.1. The monoisotopic (exact) mass is 906 g/mol. The number of nitrogens with zero attached hydrogens (tertiary/aromatic N) is 1. The molecule has 61 heavy (non-hydrogen) atoms. The summed E-state index contributed by atoms with van der Waals surface area (Å²) in [6, 6.07) is 2.03. The zero-order chi connectivity index (χ0) is 50.8. The smallest absolute Gasteiger partial charge is 0.382 e. The molecule has 384 valence electrons. The van der Waals surface area contributed by atoms with Gasteiger partial charge in [-0.3, -0.25) is 4.74 Å². The van der Waals surface area contributed by atoms with Gasteiger partial charge in [-0.05, 0) is 147 Å². The van der Waals surface area contributed by atoms with Crippen molar-refractivity contribution in [2.45, 2.75) is 270 Å². The Morgan fingerprint density at radius 3 is 0.770 bits per heavy atom. The van der Waals surface area contributed by atoms with Gasteiger partial charge in [0, 0.05) is 26.2 Å². The molecule has 1 saturated carbocycles. The van der Waals surface area contributed by atoms with Gasteiger partial charge in [-0.15, -0.1) is 13.2 Å². The average Bonchev–Trinajstić information content (AvgIpc) is 3.79. The fourth-order valence-corrected chi connectivity index (χ4v) is 1.73. The Hall–Kier alpha value is -1.10. The maximum atomic E-state index is 11.1. The molecule has 7 nitrogen and oxygen atoms in total. The van der Waals surface area contributed by atoms with Crippen LogP contribution in [-0.2, 0) is 28.4 Å². The summed E-state index contributed by atoms with van der Waals surface area (Å²) in [7, 11) is 1.70. The highest BCUT2D eigenvalue weighted by Crippen LogP contribution is 2.24. The van der Waals surface area contributed by atoms with Crippen molar-refractivity contribution in [3.05, 3.63) is 0 Å². The van der Waals surface area contributed by atoms with Gasteiger partial charge in [-0.25, -0.2) is 0 Å². The topological polar surface area (TPSA) is 79.2 Å². The third kappa shape index (κ3) is 308. The lowest BCUT2D eigenvalue weighted by atomic mass is 10.3. The van der Waals surface area contributed by atoms with Gasteiger partial charge in [0.2, 0.25) is 0 Å². The number of methoxy groups -OCH3 is 1. The second kappa shape index (κ2) is 65.5. The van der Waals surface area contributed by atoms with Crippen LogP contribution >= 0.6 is 0 Å². The summed E-state index contributed by atoms with van der Waals surface area (Å²) in [5.41, 5.74) is 0. The number of hydrogen-bond donors (Lipinski definition) is 0. The number of rotatable bonds is 10. The Bertz CT molecular complexity index is 675. The van der Waals surface area contributed by atoms with Gasteiger partial charge in [0.05, 0.1) is 48.8 Å². The molecule has 1 rings (SSSR count). The molecule has 0 aromatic carbocycles. The van der Waals surface area contributed by atoms with Crippen LogP contribution in [0.25, 0.3) is 0 Å². The van der Waals surface area contributed by atoms with Gasteiger partial charge in [-0.1, -0.05) is 90.5 Å². The molecule has 0 saturated heterocycles. The van der Waals surface area contributed by atoms with E-state index in [-0.39, 0.29) is 19.4 Å². The first-order valence-corrected chi connectivity index (χ1v) is 22.3. The predicted octanol–water partition coefficient (Wildman–Crippen LogP) is 17.5. The molecule has 0 radical (unpaired) electrons. The van der Waals surface area contributed by atoms with E-state index in [1.807, 2.05) is 75.3 Å². The summed E-state index contributed by atoms with van der Waals surface area (Å²) in [5, 5.41) is 7.89. The highest BCUT2D eigenvalue weighted by Gasteiger charge is 2.30. The summed E-state index contributed by atoms with van der Waals surface area (Å²) in [6.07, 6.45) is -0.813.